The third kappa shape index (κ3) is 6.24. The number of ether oxygens (including phenoxy) is 2. The highest BCUT2D eigenvalue weighted by Gasteiger charge is 2.17. The number of carbonyl (C=O) groups is 1. The lowest BCUT2D eigenvalue weighted by molar-refractivity contribution is -0.130. The van der Waals surface area contributed by atoms with Crippen molar-refractivity contribution in [2.45, 2.75) is 32.9 Å². The predicted octanol–water partition coefficient (Wildman–Crippen LogP) is 2.11. The summed E-state index contributed by atoms with van der Waals surface area (Å²) in [4.78, 5) is 35.9. The molecule has 2 heterocycles. The molecule has 1 aromatic heterocycles. The maximum absolute atomic E-state index is 12.5. The molecule has 1 fully saturated rings. The number of hydrogen-bond acceptors (Lipinski definition) is 6. The third-order valence-electron chi connectivity index (χ3n) is 5.10. The summed E-state index contributed by atoms with van der Waals surface area (Å²) in [6.07, 6.45) is 0.438. The number of hydrogen-bond donors (Lipinski definition) is 1. The number of halogens is 2. The van der Waals surface area contributed by atoms with Gasteiger partial charge in [0.1, 0.15) is 5.75 Å². The number of amides is 1. The van der Waals surface area contributed by atoms with Crippen LogP contribution in [0.2, 0.25) is 0 Å². The molecule has 0 atom stereocenters. The van der Waals surface area contributed by atoms with Crippen LogP contribution in [0.15, 0.2) is 29.1 Å². The van der Waals surface area contributed by atoms with Crippen LogP contribution in [0.25, 0.3) is 0 Å². The van der Waals surface area contributed by atoms with E-state index < -0.39 is 6.61 Å². The number of nitrogens with zero attached hydrogens (tertiary/aromatic N) is 3. The molecule has 1 saturated heterocycles. The molecule has 0 unspecified atom stereocenters. The van der Waals surface area contributed by atoms with Crippen molar-refractivity contribution in [2.24, 2.45) is 0 Å². The molecule has 8 nitrogen and oxygen atoms in total. The van der Waals surface area contributed by atoms with Gasteiger partial charge in [-0.25, -0.2) is 4.98 Å². The SMILES string of the molecule is Cc1nc(N2CCOCC2)[nH]c(=O)c1CCC(=O)N(C)Cc1ccc(OC(F)F)cc1. The minimum atomic E-state index is -2.88. The average molecular weight is 436 g/mol. The van der Waals surface area contributed by atoms with Crippen molar-refractivity contribution in [2.75, 3.05) is 38.3 Å². The zero-order valence-electron chi connectivity index (χ0n) is 17.6. The molecule has 0 aliphatic carbocycles. The molecule has 1 aliphatic rings. The van der Waals surface area contributed by atoms with Crippen LogP contribution in [-0.4, -0.2) is 60.7 Å². The first-order valence-electron chi connectivity index (χ1n) is 10.0. The van der Waals surface area contributed by atoms with Crippen molar-refractivity contribution >= 4 is 11.9 Å². The van der Waals surface area contributed by atoms with Gasteiger partial charge in [-0.15, -0.1) is 0 Å². The van der Waals surface area contributed by atoms with Gasteiger partial charge in [-0.3, -0.25) is 14.6 Å². The predicted molar refractivity (Wildman–Crippen MR) is 110 cm³/mol. The lowest BCUT2D eigenvalue weighted by Crippen LogP contribution is -2.38. The number of anilines is 1. The van der Waals surface area contributed by atoms with E-state index in [-0.39, 0.29) is 30.1 Å². The van der Waals surface area contributed by atoms with Crippen molar-refractivity contribution < 1.29 is 23.0 Å². The fraction of sp³-hybridized carbons (Fsp3) is 0.476. The molecular formula is C21H26F2N4O4. The second-order valence-corrected chi connectivity index (χ2v) is 7.33. The van der Waals surface area contributed by atoms with Gasteiger partial charge < -0.3 is 19.3 Å². The first-order valence-corrected chi connectivity index (χ1v) is 10.0. The maximum atomic E-state index is 12.5. The largest absolute Gasteiger partial charge is 0.435 e. The van der Waals surface area contributed by atoms with Gasteiger partial charge in [-0.1, -0.05) is 12.1 Å². The molecule has 0 bridgehead atoms. The second-order valence-electron chi connectivity index (χ2n) is 7.33. The number of H-pyrrole nitrogens is 1. The maximum Gasteiger partial charge on any atom is 0.387 e. The van der Waals surface area contributed by atoms with E-state index in [9.17, 15) is 18.4 Å². The molecule has 1 aromatic carbocycles. The lowest BCUT2D eigenvalue weighted by atomic mass is 10.1. The Morgan fingerprint density at radius 3 is 2.58 bits per heavy atom. The van der Waals surface area contributed by atoms with Gasteiger partial charge in [0.2, 0.25) is 11.9 Å². The number of benzene rings is 1. The highest BCUT2D eigenvalue weighted by molar-refractivity contribution is 5.76. The zero-order valence-corrected chi connectivity index (χ0v) is 17.6. The van der Waals surface area contributed by atoms with Crippen molar-refractivity contribution in [3.8, 4) is 5.75 Å². The van der Waals surface area contributed by atoms with Gasteiger partial charge in [0.25, 0.3) is 5.56 Å². The van der Waals surface area contributed by atoms with Crippen molar-refractivity contribution in [1.29, 1.82) is 0 Å². The Hall–Kier alpha value is -3.01. The third-order valence-corrected chi connectivity index (χ3v) is 5.10. The topological polar surface area (TPSA) is 87.8 Å². The number of carbonyl (C=O) groups excluding carboxylic acids is 1. The zero-order chi connectivity index (χ0) is 22.4. The first kappa shape index (κ1) is 22.7. The average Bonchev–Trinajstić information content (AvgIpc) is 2.74. The molecule has 0 radical (unpaired) electrons. The van der Waals surface area contributed by atoms with Gasteiger partial charge >= 0.3 is 6.61 Å². The van der Waals surface area contributed by atoms with Crippen molar-refractivity contribution in [1.82, 2.24) is 14.9 Å². The molecule has 31 heavy (non-hydrogen) atoms. The van der Waals surface area contributed by atoms with E-state index in [4.69, 9.17) is 4.74 Å². The number of nitrogens with one attached hydrogen (secondary N) is 1. The van der Waals surface area contributed by atoms with E-state index in [2.05, 4.69) is 14.7 Å². The molecule has 1 N–H and O–H groups in total. The van der Waals surface area contributed by atoms with E-state index in [1.165, 1.54) is 17.0 Å². The summed E-state index contributed by atoms with van der Waals surface area (Å²) in [6.45, 7) is 1.73. The van der Waals surface area contributed by atoms with Crippen LogP contribution in [0.1, 0.15) is 23.2 Å². The quantitative estimate of drug-likeness (QED) is 0.682. The number of aryl methyl sites for hydroxylation is 1. The van der Waals surface area contributed by atoms with E-state index in [1.807, 2.05) is 4.90 Å². The van der Waals surface area contributed by atoms with Crippen LogP contribution in [0, 0.1) is 6.92 Å². The fourth-order valence-electron chi connectivity index (χ4n) is 3.38. The molecule has 168 valence electrons. The Morgan fingerprint density at radius 1 is 1.29 bits per heavy atom. The Morgan fingerprint density at radius 2 is 1.97 bits per heavy atom. The minimum Gasteiger partial charge on any atom is -0.435 e. The summed E-state index contributed by atoms with van der Waals surface area (Å²) in [6, 6.07) is 6.13. The van der Waals surface area contributed by atoms with E-state index >= 15 is 0 Å². The van der Waals surface area contributed by atoms with Crippen molar-refractivity contribution in [3.63, 3.8) is 0 Å². The summed E-state index contributed by atoms with van der Waals surface area (Å²) in [5.74, 6) is 0.455. The summed E-state index contributed by atoms with van der Waals surface area (Å²) < 4.78 is 34.1. The number of morpholine rings is 1. The monoisotopic (exact) mass is 436 g/mol. The molecular weight excluding hydrogens is 410 g/mol. The van der Waals surface area contributed by atoms with Crippen LogP contribution in [-0.2, 0) is 22.5 Å². The van der Waals surface area contributed by atoms with Crippen LogP contribution < -0.4 is 15.2 Å². The number of aromatic nitrogens is 2. The molecule has 10 heteroatoms. The lowest BCUT2D eigenvalue weighted by Gasteiger charge is -2.27. The second kappa shape index (κ2) is 10.3. The summed E-state index contributed by atoms with van der Waals surface area (Å²) in [5.41, 5.74) is 1.64. The number of aromatic amines is 1. The fourth-order valence-corrected chi connectivity index (χ4v) is 3.38. The Kier molecular flexibility index (Phi) is 7.56. The summed E-state index contributed by atoms with van der Waals surface area (Å²) in [5, 5.41) is 0. The van der Waals surface area contributed by atoms with Gasteiger partial charge in [0.05, 0.1) is 13.2 Å². The molecule has 0 spiro atoms. The highest BCUT2D eigenvalue weighted by atomic mass is 19.3. The Bertz CT molecular complexity index is 943. The number of alkyl halides is 2. The standard InChI is InChI=1S/C21H26F2N4O4/c1-14-17(19(29)25-21(24-14)27-9-11-30-12-10-27)7-8-18(28)26(2)13-15-3-5-16(6-4-15)31-20(22)23/h3-6,20H,7-13H2,1-2H3,(H,24,25,29). The van der Waals surface area contributed by atoms with Gasteiger partial charge in [0, 0.05) is 44.4 Å². The van der Waals surface area contributed by atoms with E-state index in [0.29, 0.717) is 50.1 Å². The normalized spacial score (nSPS) is 14.0. The minimum absolute atomic E-state index is 0.0652. The summed E-state index contributed by atoms with van der Waals surface area (Å²) in [7, 11) is 1.66. The number of rotatable bonds is 8. The Balaban J connectivity index is 1.56. The van der Waals surface area contributed by atoms with Crippen LogP contribution in [0.5, 0.6) is 5.75 Å². The van der Waals surface area contributed by atoms with Crippen LogP contribution in [0.4, 0.5) is 14.7 Å². The molecule has 3 rings (SSSR count). The van der Waals surface area contributed by atoms with Crippen LogP contribution in [0.3, 0.4) is 0 Å². The Labute approximate surface area is 178 Å². The van der Waals surface area contributed by atoms with E-state index in [1.54, 1.807) is 26.1 Å². The molecule has 1 amide bonds. The molecule has 1 aliphatic heterocycles. The first-order chi connectivity index (χ1) is 14.8. The van der Waals surface area contributed by atoms with Gasteiger partial charge in [0.15, 0.2) is 0 Å². The van der Waals surface area contributed by atoms with Crippen molar-refractivity contribution in [3.05, 3.63) is 51.4 Å². The van der Waals surface area contributed by atoms with E-state index in [0.717, 1.165) is 5.56 Å². The van der Waals surface area contributed by atoms with Crippen LogP contribution >= 0.6 is 0 Å². The highest BCUT2D eigenvalue weighted by Crippen LogP contribution is 2.16. The molecule has 0 saturated carbocycles. The van der Waals surface area contributed by atoms with Gasteiger partial charge in [-0.2, -0.15) is 8.78 Å². The van der Waals surface area contributed by atoms with Gasteiger partial charge in [-0.05, 0) is 31.0 Å². The molecule has 2 aromatic rings. The summed E-state index contributed by atoms with van der Waals surface area (Å²) >= 11 is 0. The smallest absolute Gasteiger partial charge is 0.387 e.